The average Bonchev–Trinajstić information content (AvgIpc) is 3.09. The topological polar surface area (TPSA) is 40.6 Å². The zero-order valence-corrected chi connectivity index (χ0v) is 11.0. The van der Waals surface area contributed by atoms with Crippen LogP contribution in [-0.2, 0) is 10.0 Å². The maximum atomic E-state index is 11.9. The van der Waals surface area contributed by atoms with Crippen LogP contribution in [-0.4, -0.2) is 55.6 Å². The van der Waals surface area contributed by atoms with Crippen molar-refractivity contribution in [1.29, 1.82) is 0 Å². The molecule has 2 aliphatic carbocycles. The van der Waals surface area contributed by atoms with Gasteiger partial charge in [0, 0.05) is 25.2 Å². The smallest absolute Gasteiger partial charge is 0.214 e. The highest BCUT2D eigenvalue weighted by atomic mass is 32.2. The molecule has 94 valence electrons. The lowest BCUT2D eigenvalue weighted by molar-refractivity contribution is 0.282. The average molecular weight is 246 g/mol. The maximum absolute atomic E-state index is 11.9. The van der Waals surface area contributed by atoms with E-state index in [9.17, 15) is 8.42 Å². The lowest BCUT2D eigenvalue weighted by atomic mass is 10.5. The highest BCUT2D eigenvalue weighted by Crippen LogP contribution is 2.30. The van der Waals surface area contributed by atoms with Crippen molar-refractivity contribution in [3.05, 3.63) is 0 Å². The van der Waals surface area contributed by atoms with Gasteiger partial charge in [-0.1, -0.05) is 0 Å². The van der Waals surface area contributed by atoms with Crippen molar-refractivity contribution in [1.82, 2.24) is 9.21 Å². The van der Waals surface area contributed by atoms with Crippen molar-refractivity contribution < 1.29 is 8.42 Å². The number of sulfonamides is 1. The molecule has 5 heteroatoms. The van der Waals surface area contributed by atoms with Gasteiger partial charge in [0.05, 0.1) is 5.75 Å². The van der Waals surface area contributed by atoms with Gasteiger partial charge in [-0.25, -0.2) is 8.42 Å². The van der Waals surface area contributed by atoms with Crippen LogP contribution in [0.2, 0.25) is 0 Å². The zero-order valence-electron chi connectivity index (χ0n) is 10.2. The molecule has 4 nitrogen and oxygen atoms in total. The summed E-state index contributed by atoms with van der Waals surface area (Å²) in [5, 5.41) is 0. The Bertz CT molecular complexity index is 334. The number of hydrogen-bond donors (Lipinski definition) is 0. The van der Waals surface area contributed by atoms with Gasteiger partial charge in [0.25, 0.3) is 0 Å². The van der Waals surface area contributed by atoms with E-state index in [4.69, 9.17) is 0 Å². The standard InChI is InChI=1S/C11H22N2O2S/c1-3-16(14,15)13(11-6-7-11)9-8-12(2)10-4-5-10/h10-11H,3-9H2,1-2H3. The van der Waals surface area contributed by atoms with Crippen LogP contribution in [0.15, 0.2) is 0 Å². The molecule has 0 aromatic rings. The van der Waals surface area contributed by atoms with Crippen molar-refractivity contribution in [2.45, 2.75) is 44.7 Å². The van der Waals surface area contributed by atoms with Crippen LogP contribution < -0.4 is 0 Å². The first-order valence-electron chi connectivity index (χ1n) is 6.24. The third kappa shape index (κ3) is 2.96. The number of rotatable bonds is 7. The second-order valence-electron chi connectivity index (χ2n) is 4.95. The van der Waals surface area contributed by atoms with Crippen LogP contribution in [0.1, 0.15) is 32.6 Å². The van der Waals surface area contributed by atoms with Crippen LogP contribution in [0.5, 0.6) is 0 Å². The first-order valence-corrected chi connectivity index (χ1v) is 7.85. The van der Waals surface area contributed by atoms with Crippen molar-refractivity contribution in [2.24, 2.45) is 0 Å². The van der Waals surface area contributed by atoms with Gasteiger partial charge in [0.1, 0.15) is 0 Å². The van der Waals surface area contributed by atoms with Crippen molar-refractivity contribution in [3.8, 4) is 0 Å². The van der Waals surface area contributed by atoms with Crippen LogP contribution >= 0.6 is 0 Å². The van der Waals surface area contributed by atoms with E-state index in [-0.39, 0.29) is 5.75 Å². The number of likely N-dealkylation sites (N-methyl/N-ethyl adjacent to an activating group) is 1. The predicted molar refractivity (Wildman–Crippen MR) is 64.8 cm³/mol. The molecule has 2 aliphatic rings. The molecule has 0 amide bonds. The highest BCUT2D eigenvalue weighted by Gasteiger charge is 2.36. The van der Waals surface area contributed by atoms with Crippen LogP contribution in [0.3, 0.4) is 0 Å². The summed E-state index contributed by atoms with van der Waals surface area (Å²) in [6.45, 7) is 3.28. The van der Waals surface area contributed by atoms with Crippen molar-refractivity contribution in [3.63, 3.8) is 0 Å². The van der Waals surface area contributed by atoms with Gasteiger partial charge in [-0.2, -0.15) is 4.31 Å². The number of hydrogen-bond acceptors (Lipinski definition) is 3. The van der Waals surface area contributed by atoms with Gasteiger partial charge >= 0.3 is 0 Å². The normalized spacial score (nSPS) is 22.0. The molecule has 0 radical (unpaired) electrons. The second-order valence-corrected chi connectivity index (χ2v) is 7.16. The second kappa shape index (κ2) is 4.63. The minimum Gasteiger partial charge on any atom is -0.302 e. The zero-order chi connectivity index (χ0) is 11.8. The molecule has 0 aromatic heterocycles. The van der Waals surface area contributed by atoms with Gasteiger partial charge in [0.2, 0.25) is 10.0 Å². The molecule has 16 heavy (non-hydrogen) atoms. The lowest BCUT2D eigenvalue weighted by Gasteiger charge is -2.24. The summed E-state index contributed by atoms with van der Waals surface area (Å²) in [5.74, 6) is 0.233. The lowest BCUT2D eigenvalue weighted by Crippen LogP contribution is -2.40. The number of nitrogens with zero attached hydrogens (tertiary/aromatic N) is 2. The molecule has 2 rings (SSSR count). The molecular weight excluding hydrogens is 224 g/mol. The summed E-state index contributed by atoms with van der Waals surface area (Å²) in [4.78, 5) is 2.29. The minimum atomic E-state index is -2.99. The van der Waals surface area contributed by atoms with Gasteiger partial charge in [-0.3, -0.25) is 0 Å². The van der Waals surface area contributed by atoms with Gasteiger partial charge < -0.3 is 4.90 Å². The van der Waals surface area contributed by atoms with Gasteiger partial charge in [-0.15, -0.1) is 0 Å². The Morgan fingerprint density at radius 2 is 1.62 bits per heavy atom. The molecule has 0 aliphatic heterocycles. The minimum absolute atomic E-state index is 0.233. The third-order valence-electron chi connectivity index (χ3n) is 3.52. The molecule has 0 saturated heterocycles. The third-order valence-corrected chi connectivity index (χ3v) is 5.44. The largest absolute Gasteiger partial charge is 0.302 e. The van der Waals surface area contributed by atoms with Crippen molar-refractivity contribution in [2.75, 3.05) is 25.9 Å². The van der Waals surface area contributed by atoms with Crippen LogP contribution in [0.4, 0.5) is 0 Å². The van der Waals surface area contributed by atoms with E-state index in [1.165, 1.54) is 12.8 Å². The Kier molecular flexibility index (Phi) is 3.56. The Labute approximate surface area is 98.7 Å². The van der Waals surface area contributed by atoms with Crippen LogP contribution in [0, 0.1) is 0 Å². The Morgan fingerprint density at radius 3 is 2.06 bits per heavy atom. The summed E-state index contributed by atoms with van der Waals surface area (Å²) in [5.41, 5.74) is 0. The SMILES string of the molecule is CCS(=O)(=O)N(CCN(C)C1CC1)C1CC1. The summed E-state index contributed by atoms with van der Waals surface area (Å²) < 4.78 is 25.5. The quantitative estimate of drug-likeness (QED) is 0.670. The first kappa shape index (κ1) is 12.3. The van der Waals surface area contributed by atoms with Gasteiger partial charge in [0.15, 0.2) is 0 Å². The van der Waals surface area contributed by atoms with E-state index in [1.54, 1.807) is 11.2 Å². The Morgan fingerprint density at radius 1 is 1.06 bits per heavy atom. The van der Waals surface area contributed by atoms with E-state index in [2.05, 4.69) is 11.9 Å². The molecule has 0 N–H and O–H groups in total. The van der Waals surface area contributed by atoms with E-state index >= 15 is 0 Å². The maximum Gasteiger partial charge on any atom is 0.214 e. The fourth-order valence-corrected chi connectivity index (χ4v) is 3.39. The molecule has 0 unspecified atom stereocenters. The van der Waals surface area contributed by atoms with E-state index in [1.807, 2.05) is 0 Å². The first-order chi connectivity index (χ1) is 7.54. The molecule has 0 atom stereocenters. The van der Waals surface area contributed by atoms with E-state index in [0.717, 1.165) is 19.4 Å². The summed E-state index contributed by atoms with van der Waals surface area (Å²) in [7, 11) is -0.893. The van der Waals surface area contributed by atoms with Gasteiger partial charge in [-0.05, 0) is 39.7 Å². The Balaban J connectivity index is 1.87. The molecular formula is C11H22N2O2S. The highest BCUT2D eigenvalue weighted by molar-refractivity contribution is 7.89. The fourth-order valence-electron chi connectivity index (χ4n) is 2.03. The summed E-state index contributed by atoms with van der Waals surface area (Å²) >= 11 is 0. The predicted octanol–water partition coefficient (Wildman–Crippen LogP) is 0.895. The molecule has 0 aromatic carbocycles. The summed E-state index contributed by atoms with van der Waals surface area (Å²) in [6.07, 6.45) is 4.65. The molecule has 0 spiro atoms. The molecule has 0 heterocycles. The molecule has 2 fully saturated rings. The van der Waals surface area contributed by atoms with Crippen molar-refractivity contribution >= 4 is 10.0 Å². The summed E-state index contributed by atoms with van der Waals surface area (Å²) in [6, 6.07) is 1.02. The molecule has 2 saturated carbocycles. The monoisotopic (exact) mass is 246 g/mol. The van der Waals surface area contributed by atoms with Crippen LogP contribution in [0.25, 0.3) is 0 Å². The van der Waals surface area contributed by atoms with E-state index in [0.29, 0.717) is 18.6 Å². The fraction of sp³-hybridized carbons (Fsp3) is 1.00. The molecule has 0 bridgehead atoms. The van der Waals surface area contributed by atoms with E-state index < -0.39 is 10.0 Å². The Hall–Kier alpha value is -0.130.